The van der Waals surface area contributed by atoms with E-state index in [0.29, 0.717) is 17.1 Å². The van der Waals surface area contributed by atoms with Crippen molar-refractivity contribution in [1.29, 1.82) is 0 Å². The van der Waals surface area contributed by atoms with E-state index in [9.17, 15) is 23.9 Å². The molecule has 2 N–H and O–H groups in total. The summed E-state index contributed by atoms with van der Waals surface area (Å²) in [5, 5.41) is 13.6. The molecule has 8 heteroatoms. The van der Waals surface area contributed by atoms with Crippen molar-refractivity contribution < 1.29 is 23.9 Å². The second-order valence-corrected chi connectivity index (χ2v) is 7.16. The maximum Gasteiger partial charge on any atom is 0.300 e. The number of carbonyl (C=O) groups is 3. The average Bonchev–Trinajstić information content (AvgIpc) is 3.05. The summed E-state index contributed by atoms with van der Waals surface area (Å²) in [7, 11) is 0. The molecule has 0 bridgehead atoms. The number of ketones is 1. The largest absolute Gasteiger partial charge is 0.507 e. The van der Waals surface area contributed by atoms with Crippen LogP contribution in [0.1, 0.15) is 24.2 Å². The summed E-state index contributed by atoms with van der Waals surface area (Å²) >= 11 is 0. The molecule has 2 aromatic carbocycles. The number of pyridine rings is 1. The molecule has 3 aromatic rings. The Morgan fingerprint density at radius 3 is 2.31 bits per heavy atom. The molecule has 1 atom stereocenters. The number of hydrogen-bond acceptors (Lipinski definition) is 5. The molecule has 4 rings (SSSR count). The van der Waals surface area contributed by atoms with Gasteiger partial charge in [0, 0.05) is 30.1 Å². The van der Waals surface area contributed by atoms with Gasteiger partial charge in [0.2, 0.25) is 5.91 Å². The van der Waals surface area contributed by atoms with Gasteiger partial charge in [-0.15, -0.1) is 0 Å². The summed E-state index contributed by atoms with van der Waals surface area (Å²) < 4.78 is 13.3. The normalized spacial score (nSPS) is 17.4. The van der Waals surface area contributed by atoms with Crippen LogP contribution >= 0.6 is 0 Å². The van der Waals surface area contributed by atoms with Crippen molar-refractivity contribution in [1.82, 2.24) is 4.98 Å². The van der Waals surface area contributed by atoms with Crippen molar-refractivity contribution in [2.24, 2.45) is 0 Å². The van der Waals surface area contributed by atoms with Gasteiger partial charge < -0.3 is 10.4 Å². The predicted octanol–water partition coefficient (Wildman–Crippen LogP) is 3.81. The minimum Gasteiger partial charge on any atom is -0.507 e. The second kappa shape index (κ2) is 8.43. The summed E-state index contributed by atoms with van der Waals surface area (Å²) in [6.07, 6.45) is 1.52. The number of aliphatic hydroxyl groups is 1. The highest BCUT2D eigenvalue weighted by Crippen LogP contribution is 2.41. The zero-order valence-corrected chi connectivity index (χ0v) is 16.9. The fraction of sp³-hybridized carbons (Fsp3) is 0.0833. The first-order valence-electron chi connectivity index (χ1n) is 9.72. The van der Waals surface area contributed by atoms with E-state index in [1.165, 1.54) is 30.2 Å². The highest BCUT2D eigenvalue weighted by Gasteiger charge is 2.47. The number of amides is 2. The first kappa shape index (κ1) is 20.9. The summed E-state index contributed by atoms with van der Waals surface area (Å²) in [5.41, 5.74) is 1.34. The van der Waals surface area contributed by atoms with Crippen LogP contribution in [0.5, 0.6) is 0 Å². The monoisotopic (exact) mass is 431 g/mol. The standard InChI is InChI=1S/C24H18FN3O4/c1-14(29)27-17-9-11-18(12-10-17)28-21(19-4-2-3-13-26-19)20(23(31)24(28)32)22(30)15-5-7-16(25)8-6-15/h2-13,21,30H,1H3,(H,27,29)/b22-20-. The van der Waals surface area contributed by atoms with Gasteiger partial charge in [-0.2, -0.15) is 0 Å². The van der Waals surface area contributed by atoms with Gasteiger partial charge in [-0.25, -0.2) is 4.39 Å². The number of Topliss-reactive ketones (excluding diaryl/α,β-unsaturated/α-hetero) is 1. The molecule has 1 aromatic heterocycles. The van der Waals surface area contributed by atoms with Crippen LogP contribution < -0.4 is 10.2 Å². The number of carbonyl (C=O) groups excluding carboxylic acids is 3. The van der Waals surface area contributed by atoms with Gasteiger partial charge in [-0.3, -0.25) is 24.3 Å². The Labute approximate surface area is 182 Å². The van der Waals surface area contributed by atoms with Gasteiger partial charge in [0.25, 0.3) is 11.7 Å². The Kier molecular flexibility index (Phi) is 5.51. The molecule has 0 aliphatic carbocycles. The SMILES string of the molecule is CC(=O)Nc1ccc(N2C(=O)C(=O)/C(=C(\O)c3ccc(F)cc3)C2c2ccccn2)cc1. The number of hydrogen-bond donors (Lipinski definition) is 2. The van der Waals surface area contributed by atoms with E-state index < -0.39 is 29.3 Å². The summed E-state index contributed by atoms with van der Waals surface area (Å²) in [5.74, 6) is -2.88. The Balaban J connectivity index is 1.85. The van der Waals surface area contributed by atoms with E-state index in [1.54, 1.807) is 42.5 Å². The Hall–Kier alpha value is -4.33. The lowest BCUT2D eigenvalue weighted by atomic mass is 9.98. The Morgan fingerprint density at radius 2 is 1.72 bits per heavy atom. The van der Waals surface area contributed by atoms with Crippen molar-refractivity contribution in [2.45, 2.75) is 13.0 Å². The first-order chi connectivity index (χ1) is 15.4. The van der Waals surface area contributed by atoms with Gasteiger partial charge in [-0.1, -0.05) is 6.07 Å². The third kappa shape index (κ3) is 3.85. The molecule has 1 fully saturated rings. The molecule has 1 aliphatic rings. The molecule has 0 saturated carbocycles. The molecule has 7 nitrogen and oxygen atoms in total. The molecular formula is C24H18FN3O4. The smallest absolute Gasteiger partial charge is 0.300 e. The molecular weight excluding hydrogens is 413 g/mol. The number of nitrogens with zero attached hydrogens (tertiary/aromatic N) is 2. The molecule has 1 saturated heterocycles. The van der Waals surface area contributed by atoms with Crippen molar-refractivity contribution in [2.75, 3.05) is 10.2 Å². The zero-order valence-electron chi connectivity index (χ0n) is 16.9. The van der Waals surface area contributed by atoms with Crippen molar-refractivity contribution in [3.8, 4) is 0 Å². The lowest BCUT2D eigenvalue weighted by molar-refractivity contribution is -0.132. The van der Waals surface area contributed by atoms with Crippen LogP contribution in [0.25, 0.3) is 5.76 Å². The maximum atomic E-state index is 13.3. The van der Waals surface area contributed by atoms with Crippen molar-refractivity contribution >= 4 is 34.7 Å². The molecule has 160 valence electrons. The third-order valence-electron chi connectivity index (χ3n) is 5.00. The van der Waals surface area contributed by atoms with Crippen LogP contribution in [0.4, 0.5) is 15.8 Å². The predicted molar refractivity (Wildman–Crippen MR) is 116 cm³/mol. The van der Waals surface area contributed by atoms with Gasteiger partial charge in [-0.05, 0) is 60.7 Å². The third-order valence-corrected chi connectivity index (χ3v) is 5.00. The molecule has 2 heterocycles. The van der Waals surface area contributed by atoms with Crippen LogP contribution in [-0.2, 0) is 14.4 Å². The van der Waals surface area contributed by atoms with E-state index in [0.717, 1.165) is 12.1 Å². The van der Waals surface area contributed by atoms with Crippen LogP contribution in [0.2, 0.25) is 0 Å². The van der Waals surface area contributed by atoms with E-state index in [4.69, 9.17) is 0 Å². The minimum atomic E-state index is -0.993. The van der Waals surface area contributed by atoms with Gasteiger partial charge >= 0.3 is 0 Å². The molecule has 0 spiro atoms. The summed E-state index contributed by atoms with van der Waals surface area (Å²) in [6, 6.07) is 15.4. The highest BCUT2D eigenvalue weighted by atomic mass is 19.1. The fourth-order valence-electron chi connectivity index (χ4n) is 3.59. The highest BCUT2D eigenvalue weighted by molar-refractivity contribution is 6.51. The molecule has 1 aliphatic heterocycles. The van der Waals surface area contributed by atoms with E-state index >= 15 is 0 Å². The number of nitrogens with one attached hydrogen (secondary N) is 1. The first-order valence-corrected chi connectivity index (χ1v) is 9.72. The van der Waals surface area contributed by atoms with Crippen LogP contribution in [0.3, 0.4) is 0 Å². The number of anilines is 2. The molecule has 2 amide bonds. The topological polar surface area (TPSA) is 99.6 Å². The average molecular weight is 431 g/mol. The van der Waals surface area contributed by atoms with Crippen LogP contribution in [0.15, 0.2) is 78.5 Å². The van der Waals surface area contributed by atoms with Crippen molar-refractivity contribution in [3.05, 3.63) is 95.6 Å². The van der Waals surface area contributed by atoms with Gasteiger partial charge in [0.15, 0.2) is 0 Å². The molecule has 1 unspecified atom stereocenters. The lowest BCUT2D eigenvalue weighted by Crippen LogP contribution is -2.29. The van der Waals surface area contributed by atoms with E-state index in [2.05, 4.69) is 10.3 Å². The number of aromatic nitrogens is 1. The number of aliphatic hydroxyl groups excluding tert-OH is 1. The Bertz CT molecular complexity index is 1220. The van der Waals surface area contributed by atoms with Crippen molar-refractivity contribution in [3.63, 3.8) is 0 Å². The van der Waals surface area contributed by atoms with Gasteiger partial charge in [0.05, 0.1) is 11.3 Å². The molecule has 32 heavy (non-hydrogen) atoms. The second-order valence-electron chi connectivity index (χ2n) is 7.16. The van der Waals surface area contributed by atoms with Gasteiger partial charge in [0.1, 0.15) is 17.6 Å². The Morgan fingerprint density at radius 1 is 1.03 bits per heavy atom. The number of halogens is 1. The fourth-order valence-corrected chi connectivity index (χ4v) is 3.59. The summed E-state index contributed by atoms with van der Waals surface area (Å²) in [6.45, 7) is 1.38. The van der Waals surface area contributed by atoms with Crippen LogP contribution in [0, 0.1) is 5.82 Å². The lowest BCUT2D eigenvalue weighted by Gasteiger charge is -2.24. The number of benzene rings is 2. The summed E-state index contributed by atoms with van der Waals surface area (Å²) in [4.78, 5) is 42.8. The maximum absolute atomic E-state index is 13.3. The van der Waals surface area contributed by atoms with E-state index in [1.807, 2.05) is 0 Å². The van der Waals surface area contributed by atoms with Crippen LogP contribution in [-0.4, -0.2) is 27.7 Å². The zero-order chi connectivity index (χ0) is 22.8. The number of rotatable bonds is 4. The minimum absolute atomic E-state index is 0.147. The molecule has 0 radical (unpaired) electrons. The van der Waals surface area contributed by atoms with E-state index in [-0.39, 0.29) is 17.0 Å². The quantitative estimate of drug-likeness (QED) is 0.372.